The van der Waals surface area contributed by atoms with Gasteiger partial charge in [-0.3, -0.25) is 37.2 Å². The number of nitrogens with two attached hydrogens (primary N) is 1. The predicted octanol–water partition coefficient (Wildman–Crippen LogP) is 11.7. The summed E-state index contributed by atoms with van der Waals surface area (Å²) in [5, 5.41) is 4.88. The maximum Gasteiger partial charge on any atom is 1.00 e. The van der Waals surface area contributed by atoms with Crippen LogP contribution in [0, 0.1) is 6.92 Å². The van der Waals surface area contributed by atoms with Crippen molar-refractivity contribution in [2.45, 2.75) is 249 Å². The van der Waals surface area contributed by atoms with E-state index in [0.29, 0.717) is 6.29 Å². The Bertz CT molecular complexity index is 2740. The van der Waals surface area contributed by atoms with E-state index in [-0.39, 0.29) is 114 Å². The number of carbonyl (C=O) groups is 6. The van der Waals surface area contributed by atoms with Crippen molar-refractivity contribution in [2.75, 3.05) is 72.0 Å². The molecule has 0 radical (unpaired) electrons. The molecule has 1 heterocycles. The minimum Gasteiger partial charge on any atom is -1.00 e. The second-order valence-corrected chi connectivity index (χ2v) is 35.6. The van der Waals surface area contributed by atoms with Gasteiger partial charge in [0.25, 0.3) is 10.1 Å². The molecule has 2 amide bonds. The largest absolute Gasteiger partial charge is 1.00 e. The molecule has 1 aliphatic heterocycles. The Morgan fingerprint density at radius 1 is 0.510 bits per heavy atom. The van der Waals surface area contributed by atoms with E-state index in [4.69, 9.17) is 74.9 Å². The molecule has 100 heavy (non-hydrogen) atoms. The first-order valence-electron chi connectivity index (χ1n) is 32.6. The molecule has 1 aliphatic rings. The smallest absolute Gasteiger partial charge is 1.00 e. The fourth-order valence-corrected chi connectivity index (χ4v) is 14.8. The minimum absolute atomic E-state index is 0. The maximum absolute atomic E-state index is 12.6. The van der Waals surface area contributed by atoms with Gasteiger partial charge in [-0.2, -0.15) is 8.42 Å². The van der Waals surface area contributed by atoms with Gasteiger partial charge in [-0.05, 0) is 191 Å². The van der Waals surface area contributed by atoms with Crippen LogP contribution < -0.4 is 45.9 Å². The molecule has 0 bridgehead atoms. The summed E-state index contributed by atoms with van der Waals surface area (Å²) >= 11 is 0. The van der Waals surface area contributed by atoms with Gasteiger partial charge in [0, 0.05) is 30.9 Å². The summed E-state index contributed by atoms with van der Waals surface area (Å²) in [6, 6.07) is 3.63. The fourth-order valence-electron chi connectivity index (χ4n) is 6.84. The Hall–Kier alpha value is -3.25. The van der Waals surface area contributed by atoms with Crippen LogP contribution in [0.4, 0.5) is 9.59 Å². The molecule has 0 spiro atoms. The summed E-state index contributed by atoms with van der Waals surface area (Å²) in [6.45, 7) is 45.3. The van der Waals surface area contributed by atoms with Crippen molar-refractivity contribution in [3.63, 3.8) is 0 Å². The third-order valence-corrected chi connectivity index (χ3v) is 19.8. The molecule has 0 unspecified atom stereocenters. The summed E-state index contributed by atoms with van der Waals surface area (Å²) in [4.78, 5) is 69.5. The van der Waals surface area contributed by atoms with Gasteiger partial charge in [0.1, 0.15) is 34.3 Å². The second kappa shape index (κ2) is 52.7. The molecule has 5 N–H and O–H groups in total. The van der Waals surface area contributed by atoms with E-state index in [1.54, 1.807) is 171 Å². The predicted molar refractivity (Wildman–Crippen MR) is 380 cm³/mol. The molecule has 30 nitrogen and oxygen atoms in total. The van der Waals surface area contributed by atoms with Gasteiger partial charge in [-0.25, -0.2) is 9.59 Å². The van der Waals surface area contributed by atoms with E-state index in [1.165, 1.54) is 48.8 Å². The fraction of sp³-hybridized carbons (Fsp3) is 0.750. The Morgan fingerprint density at radius 3 is 1.07 bits per heavy atom. The summed E-state index contributed by atoms with van der Waals surface area (Å²) in [5.74, 6) is 0.721. The van der Waals surface area contributed by atoms with Crippen LogP contribution in [0.1, 0.15) is 198 Å². The number of amides is 2. The number of hydrogen-bond donors (Lipinski definition) is 4. The van der Waals surface area contributed by atoms with Gasteiger partial charge in [-0.1, -0.05) is 29.8 Å². The van der Waals surface area contributed by atoms with Crippen LogP contribution in [0.15, 0.2) is 52.9 Å². The maximum atomic E-state index is 12.6. The van der Waals surface area contributed by atoms with E-state index in [2.05, 4.69) is 10.6 Å². The van der Waals surface area contributed by atoms with Crippen molar-refractivity contribution in [1.82, 2.24) is 10.6 Å². The molecular weight excluding hydrogens is 1420 g/mol. The Balaban J connectivity index is -0.000000278. The first-order valence-corrected chi connectivity index (χ1v) is 40.7. The monoisotopic (exact) mass is 1540 g/mol. The zero-order valence-corrected chi connectivity index (χ0v) is 70.5. The molecule has 0 aliphatic carbocycles. The Labute approximate surface area is 620 Å². The molecule has 3 atom stereocenters. The van der Waals surface area contributed by atoms with Gasteiger partial charge in [0.15, 0.2) is 5.90 Å². The van der Waals surface area contributed by atoms with Crippen LogP contribution in [-0.2, 0) is 112 Å². The van der Waals surface area contributed by atoms with Crippen LogP contribution in [-0.4, -0.2) is 167 Å². The zero-order valence-electron chi connectivity index (χ0n) is 65.1. The van der Waals surface area contributed by atoms with E-state index < -0.39 is 117 Å². The van der Waals surface area contributed by atoms with Gasteiger partial charge in [0.05, 0.1) is 89.1 Å². The average molecular weight is 1540 g/mol. The average Bonchev–Trinajstić information content (AvgIpc) is 1.20. The number of carbonyl (C=O) groups excluding carboxylic acids is 6. The first-order chi connectivity index (χ1) is 45.2. The van der Waals surface area contributed by atoms with Gasteiger partial charge < -0.3 is 87.2 Å². The SMILES string of the molecule is C1CCOC1.CC(C)(C)OC(=O)C[C@@H](C=O)NC(=O)OC(C)(C)C.CCOP(=O)(/C=C/[C@@H](N)CC(=O)OC(C)(C)C)OCC.CCOP(=O)(/C=C/[C@H](CC(=O)OC(C)(C)C)NC(=O)OC(C)(C)C)OCC.CCOP(=O)(CP(=O)(OCC)OCC)OCC.Cc1ccc(S(=O)(=O)O)cc1.[H-].[Na+]. The van der Waals surface area contributed by atoms with Crippen LogP contribution in [0.5, 0.6) is 0 Å². The molecule has 582 valence electrons. The number of alkyl carbamates (subject to hydrolysis) is 2. The van der Waals surface area contributed by atoms with Crippen molar-refractivity contribution < 1.29 is 156 Å². The van der Waals surface area contributed by atoms with E-state index in [0.717, 1.165) is 18.8 Å². The topological polar surface area (TPSA) is 404 Å². The Kier molecular flexibility index (Phi) is 55.5. The number of rotatable bonds is 32. The second-order valence-electron chi connectivity index (χ2n) is 25.8. The normalized spacial score (nSPS) is 13.9. The third kappa shape index (κ3) is 63.2. The van der Waals surface area contributed by atoms with E-state index in [9.17, 15) is 55.4 Å². The summed E-state index contributed by atoms with van der Waals surface area (Å²) in [6.07, 6.45) is 4.07. The van der Waals surface area contributed by atoms with Crippen LogP contribution in [0.3, 0.4) is 0 Å². The molecular formula is C64H122N3NaO27P4S. The molecule has 0 aromatic heterocycles. The number of benzene rings is 1. The van der Waals surface area contributed by atoms with Crippen molar-refractivity contribution >= 4 is 76.9 Å². The molecule has 2 rings (SSSR count). The summed E-state index contributed by atoms with van der Waals surface area (Å²) < 4.78 is 150. The van der Waals surface area contributed by atoms with Crippen LogP contribution >= 0.6 is 30.4 Å². The summed E-state index contributed by atoms with van der Waals surface area (Å²) in [5.41, 5.74) is 3.53. The molecule has 1 aromatic carbocycles. The van der Waals surface area contributed by atoms with Crippen molar-refractivity contribution in [3.8, 4) is 0 Å². The van der Waals surface area contributed by atoms with Crippen molar-refractivity contribution in [1.29, 1.82) is 0 Å². The zero-order chi connectivity index (χ0) is 77.8. The number of ether oxygens (including phenoxy) is 6. The van der Waals surface area contributed by atoms with Gasteiger partial charge >= 0.3 is 90.0 Å². The molecule has 1 aromatic rings. The quantitative estimate of drug-likeness (QED) is 0.0130. The number of aryl methyl sites for hydroxylation is 1. The third-order valence-electron chi connectivity index (χ3n) is 10.1. The Morgan fingerprint density at radius 2 is 0.800 bits per heavy atom. The minimum atomic E-state index is -4.02. The molecule has 36 heteroatoms. The van der Waals surface area contributed by atoms with E-state index >= 15 is 0 Å². The number of hydrogen-bond acceptors (Lipinski definition) is 27. The standard InChI is InChI=1S/C18H34NO7P.C13H26NO5P.C13H23NO5.C9H22O6P2.C7H8O3S.C4H8O.Na.H/c1-9-23-27(22,24-10-2)12-11-14(13-15(20)25-17(3,4)5)19-16(21)26-18(6,7)8;1-6-17-20(16,18-7-2)9-8-11(14)10-12(15)19-13(3,4)5;1-12(2,3)18-10(16)7-9(8-15)14-11(17)19-13(4,5)6;1-5-12-16(10,13-6-2)9-17(11,14-7-3)15-8-4;1-6-2-4-7(5-3-6)11(8,9)10;1-2-4-5-3-1;;/h11-12,14H,9-10,13H2,1-8H3,(H,19,21);8-9,11H,6-7,10,14H2,1-5H3;8-9H,7H2,1-6H3,(H,14,17);5-9H2,1-4H3;2-5H,1H3,(H,8,9,10);1-4H2;;/q;;;;;;+1;-1/b12-11+;9-8+;;;;;;/t14-;11-;9-;;;;;/m110...../s1. The number of esters is 3. The first kappa shape index (κ1) is 105. The van der Waals surface area contributed by atoms with Crippen LogP contribution in [0.25, 0.3) is 0 Å². The number of nitrogens with one attached hydrogen (secondary N) is 2. The van der Waals surface area contributed by atoms with Gasteiger partial charge in [0.2, 0.25) is 0 Å². The molecule has 0 saturated carbocycles. The number of aldehydes is 1. The van der Waals surface area contributed by atoms with Crippen molar-refractivity contribution in [2.24, 2.45) is 5.73 Å². The molecule has 1 saturated heterocycles. The summed E-state index contributed by atoms with van der Waals surface area (Å²) in [7, 11) is -17.6. The van der Waals surface area contributed by atoms with Gasteiger partial charge in [-0.15, -0.1) is 0 Å². The van der Waals surface area contributed by atoms with Crippen LogP contribution in [0.2, 0.25) is 0 Å². The van der Waals surface area contributed by atoms with E-state index in [1.807, 2.05) is 6.92 Å². The molecule has 1 fully saturated rings. The van der Waals surface area contributed by atoms with Crippen molar-refractivity contribution in [3.05, 3.63) is 53.6 Å².